The molecule has 1 amide bonds. The van der Waals surface area contributed by atoms with Crippen LogP contribution in [0.15, 0.2) is 78.0 Å². The van der Waals surface area contributed by atoms with Crippen molar-refractivity contribution in [1.82, 2.24) is 15.2 Å². The molecule has 1 aromatic heterocycles. The summed E-state index contributed by atoms with van der Waals surface area (Å²) in [7, 11) is 4.49. The van der Waals surface area contributed by atoms with Gasteiger partial charge < -0.3 is 18.9 Å². The molecule has 4 rings (SSSR count). The number of carbonyl (C=O) groups excluding carboxylic acids is 1. The molecule has 0 aliphatic carbocycles. The highest BCUT2D eigenvalue weighted by Gasteiger charge is 2.17. The second kappa shape index (κ2) is 12.4. The molecule has 0 radical (unpaired) electrons. The molecular weight excluding hydrogens is 484 g/mol. The van der Waals surface area contributed by atoms with Gasteiger partial charge in [-0.15, -0.1) is 0 Å². The van der Waals surface area contributed by atoms with Crippen molar-refractivity contribution in [2.45, 2.75) is 13.3 Å². The molecule has 9 heteroatoms. The van der Waals surface area contributed by atoms with E-state index in [1.807, 2.05) is 60.8 Å². The summed E-state index contributed by atoms with van der Waals surface area (Å²) in [6, 6.07) is 20.6. The lowest BCUT2D eigenvalue weighted by atomic mass is 10.1. The molecule has 0 saturated carbocycles. The number of rotatable bonds is 11. The van der Waals surface area contributed by atoms with E-state index in [1.54, 1.807) is 23.0 Å². The van der Waals surface area contributed by atoms with Crippen molar-refractivity contribution in [3.05, 3.63) is 84.1 Å². The number of hydrogen-bond acceptors (Lipinski definition) is 7. The Morgan fingerprint density at radius 3 is 2.26 bits per heavy atom. The van der Waals surface area contributed by atoms with E-state index in [4.69, 9.17) is 24.0 Å². The van der Waals surface area contributed by atoms with Crippen LogP contribution in [0, 0.1) is 0 Å². The van der Waals surface area contributed by atoms with Crippen molar-refractivity contribution in [2.24, 2.45) is 5.10 Å². The smallest absolute Gasteiger partial charge is 0.271 e. The lowest BCUT2D eigenvalue weighted by Crippen LogP contribution is -2.18. The highest BCUT2D eigenvalue weighted by molar-refractivity contribution is 5.97. The zero-order chi connectivity index (χ0) is 26.9. The standard InChI is InChI=1S/C29H30N4O5/c1-5-15-38-24-13-11-20(12-14-24)27-22(19-33(32-27)23-9-7-6-8-10-23)18-30-31-29(34)21-16-25(35-2)28(37-4)26(17-21)36-3/h6-14,16-19H,5,15H2,1-4H3,(H,31,34). The molecular formula is C29H30N4O5. The lowest BCUT2D eigenvalue weighted by molar-refractivity contribution is 0.0954. The summed E-state index contributed by atoms with van der Waals surface area (Å²) in [5, 5.41) is 9.00. The summed E-state index contributed by atoms with van der Waals surface area (Å²) >= 11 is 0. The van der Waals surface area contributed by atoms with Crippen molar-refractivity contribution in [1.29, 1.82) is 0 Å². The van der Waals surface area contributed by atoms with Crippen LogP contribution in [0.2, 0.25) is 0 Å². The van der Waals surface area contributed by atoms with Crippen LogP contribution < -0.4 is 24.4 Å². The minimum atomic E-state index is -0.435. The Labute approximate surface area is 221 Å². The van der Waals surface area contributed by atoms with Crippen LogP contribution in [0.1, 0.15) is 29.3 Å². The Morgan fingerprint density at radius 1 is 0.974 bits per heavy atom. The lowest BCUT2D eigenvalue weighted by Gasteiger charge is -2.13. The molecule has 1 heterocycles. The number of nitrogens with zero attached hydrogens (tertiary/aromatic N) is 3. The quantitative estimate of drug-likeness (QED) is 0.221. The van der Waals surface area contributed by atoms with E-state index in [0.717, 1.165) is 29.0 Å². The largest absolute Gasteiger partial charge is 0.494 e. The topological polar surface area (TPSA) is 96.2 Å². The fraction of sp³-hybridized carbons (Fsp3) is 0.207. The van der Waals surface area contributed by atoms with Gasteiger partial charge in [0, 0.05) is 22.9 Å². The van der Waals surface area contributed by atoms with Gasteiger partial charge in [0.25, 0.3) is 5.91 Å². The molecule has 38 heavy (non-hydrogen) atoms. The SMILES string of the molecule is CCCOc1ccc(-c2nn(-c3ccccc3)cc2C=NNC(=O)c2cc(OC)c(OC)c(OC)c2)cc1. The first-order valence-corrected chi connectivity index (χ1v) is 12.1. The molecule has 0 unspecified atom stereocenters. The average molecular weight is 515 g/mol. The van der Waals surface area contributed by atoms with Crippen molar-refractivity contribution in [2.75, 3.05) is 27.9 Å². The predicted molar refractivity (Wildman–Crippen MR) is 146 cm³/mol. The van der Waals surface area contributed by atoms with E-state index in [0.29, 0.717) is 35.1 Å². The summed E-state index contributed by atoms with van der Waals surface area (Å²) in [4.78, 5) is 12.9. The molecule has 9 nitrogen and oxygen atoms in total. The van der Waals surface area contributed by atoms with Crippen LogP contribution in [0.4, 0.5) is 0 Å². The predicted octanol–water partition coefficient (Wildman–Crippen LogP) is 5.12. The van der Waals surface area contributed by atoms with Crippen LogP contribution >= 0.6 is 0 Å². The average Bonchev–Trinajstić information content (AvgIpc) is 3.40. The summed E-state index contributed by atoms with van der Waals surface area (Å²) in [6.45, 7) is 2.72. The number of carbonyl (C=O) groups is 1. The fourth-order valence-corrected chi connectivity index (χ4v) is 3.79. The Balaban J connectivity index is 1.61. The number of aromatic nitrogens is 2. The van der Waals surface area contributed by atoms with Crippen molar-refractivity contribution >= 4 is 12.1 Å². The molecule has 0 spiro atoms. The maximum absolute atomic E-state index is 12.9. The van der Waals surface area contributed by atoms with Gasteiger partial charge in [0.1, 0.15) is 11.4 Å². The van der Waals surface area contributed by atoms with Crippen LogP contribution in [0.5, 0.6) is 23.0 Å². The third-order valence-corrected chi connectivity index (χ3v) is 5.66. The molecule has 0 saturated heterocycles. The maximum Gasteiger partial charge on any atom is 0.271 e. The molecule has 196 valence electrons. The van der Waals surface area contributed by atoms with Gasteiger partial charge in [0.2, 0.25) is 5.75 Å². The van der Waals surface area contributed by atoms with Gasteiger partial charge in [-0.05, 0) is 55.0 Å². The van der Waals surface area contributed by atoms with E-state index in [1.165, 1.54) is 21.3 Å². The minimum Gasteiger partial charge on any atom is -0.494 e. The van der Waals surface area contributed by atoms with E-state index in [-0.39, 0.29) is 0 Å². The third kappa shape index (κ3) is 5.95. The molecule has 1 N–H and O–H groups in total. The molecule has 4 aromatic rings. The minimum absolute atomic E-state index is 0.305. The van der Waals surface area contributed by atoms with E-state index < -0.39 is 5.91 Å². The first-order valence-electron chi connectivity index (χ1n) is 12.1. The van der Waals surface area contributed by atoms with Crippen LogP contribution in [-0.4, -0.2) is 49.8 Å². The molecule has 0 aliphatic rings. The number of hydrogen-bond donors (Lipinski definition) is 1. The number of para-hydroxylation sites is 1. The number of benzene rings is 3. The zero-order valence-electron chi connectivity index (χ0n) is 21.8. The Kier molecular flexibility index (Phi) is 8.61. The highest BCUT2D eigenvalue weighted by Crippen LogP contribution is 2.38. The van der Waals surface area contributed by atoms with Gasteiger partial charge in [-0.3, -0.25) is 4.79 Å². The summed E-state index contributed by atoms with van der Waals surface area (Å²) in [5.74, 6) is 1.51. The van der Waals surface area contributed by atoms with Crippen LogP contribution in [0.3, 0.4) is 0 Å². The van der Waals surface area contributed by atoms with Gasteiger partial charge >= 0.3 is 0 Å². The fourth-order valence-electron chi connectivity index (χ4n) is 3.79. The van der Waals surface area contributed by atoms with Gasteiger partial charge in [-0.2, -0.15) is 10.2 Å². The van der Waals surface area contributed by atoms with Crippen LogP contribution in [-0.2, 0) is 0 Å². The Bertz CT molecular complexity index is 1370. The normalized spacial score (nSPS) is 10.8. The number of nitrogens with one attached hydrogen (secondary N) is 1. The highest BCUT2D eigenvalue weighted by atomic mass is 16.5. The number of methoxy groups -OCH3 is 3. The number of hydrazone groups is 1. The van der Waals surface area contributed by atoms with Gasteiger partial charge in [0.15, 0.2) is 11.5 Å². The second-order valence-electron chi connectivity index (χ2n) is 8.20. The second-order valence-corrected chi connectivity index (χ2v) is 8.20. The Hall–Kier alpha value is -4.79. The molecule has 3 aromatic carbocycles. The van der Waals surface area contributed by atoms with Gasteiger partial charge in [-0.1, -0.05) is 25.1 Å². The molecule has 0 fully saturated rings. The van der Waals surface area contributed by atoms with E-state index in [9.17, 15) is 4.79 Å². The van der Waals surface area contributed by atoms with Gasteiger partial charge in [-0.25, -0.2) is 10.1 Å². The number of ether oxygens (including phenoxy) is 4. The third-order valence-electron chi connectivity index (χ3n) is 5.66. The molecule has 0 atom stereocenters. The first kappa shape index (κ1) is 26.3. The monoisotopic (exact) mass is 514 g/mol. The first-order chi connectivity index (χ1) is 18.6. The van der Waals surface area contributed by atoms with Crippen LogP contribution in [0.25, 0.3) is 16.9 Å². The number of amides is 1. The van der Waals surface area contributed by atoms with E-state index in [2.05, 4.69) is 17.5 Å². The molecule has 0 aliphatic heterocycles. The summed E-state index contributed by atoms with van der Waals surface area (Å²) in [6.07, 6.45) is 4.37. The molecule has 0 bridgehead atoms. The zero-order valence-corrected chi connectivity index (χ0v) is 21.8. The van der Waals surface area contributed by atoms with E-state index >= 15 is 0 Å². The Morgan fingerprint density at radius 2 is 1.66 bits per heavy atom. The van der Waals surface area contributed by atoms with Crippen molar-refractivity contribution in [3.63, 3.8) is 0 Å². The van der Waals surface area contributed by atoms with Crippen molar-refractivity contribution in [3.8, 4) is 39.9 Å². The van der Waals surface area contributed by atoms with Crippen molar-refractivity contribution < 1.29 is 23.7 Å². The summed E-state index contributed by atoms with van der Waals surface area (Å²) < 4.78 is 23.5. The van der Waals surface area contributed by atoms with Gasteiger partial charge in [0.05, 0.1) is 39.8 Å². The maximum atomic E-state index is 12.9. The summed E-state index contributed by atoms with van der Waals surface area (Å²) in [5.41, 5.74) is 6.10.